The van der Waals surface area contributed by atoms with Gasteiger partial charge in [-0.2, -0.15) is 0 Å². The van der Waals surface area contributed by atoms with Gasteiger partial charge in [-0.05, 0) is 55.2 Å². The van der Waals surface area contributed by atoms with Crippen molar-refractivity contribution in [3.63, 3.8) is 0 Å². The van der Waals surface area contributed by atoms with Crippen molar-refractivity contribution in [1.82, 2.24) is 15.5 Å². The summed E-state index contributed by atoms with van der Waals surface area (Å²) in [5.74, 6) is 1.69. The van der Waals surface area contributed by atoms with E-state index in [1.165, 1.54) is 0 Å². The van der Waals surface area contributed by atoms with E-state index in [2.05, 4.69) is 36.6 Å². The maximum atomic E-state index is 12.2. The van der Waals surface area contributed by atoms with Crippen LogP contribution in [0.5, 0.6) is 5.75 Å². The third-order valence-corrected chi connectivity index (χ3v) is 4.72. The Morgan fingerprint density at radius 2 is 1.78 bits per heavy atom. The highest BCUT2D eigenvalue weighted by molar-refractivity contribution is 14.0. The summed E-state index contributed by atoms with van der Waals surface area (Å²) < 4.78 is 5.79. The van der Waals surface area contributed by atoms with Gasteiger partial charge in [0.25, 0.3) is 5.91 Å². The molecule has 176 valence electrons. The molecule has 0 spiro atoms. The van der Waals surface area contributed by atoms with Crippen molar-refractivity contribution in [2.45, 2.75) is 39.7 Å². The zero-order valence-corrected chi connectivity index (χ0v) is 22.0. The molecule has 1 amide bonds. The summed E-state index contributed by atoms with van der Waals surface area (Å²) in [5, 5.41) is 6.67. The van der Waals surface area contributed by atoms with Gasteiger partial charge in [-0.25, -0.2) is 4.99 Å². The Morgan fingerprint density at radius 3 is 2.50 bits per heavy atom. The SMILES string of the molecule is CCCCOc1cccc(CN=C(NCC)NCCc2cccc(C(=O)N(C)C)c2)c1.I. The van der Waals surface area contributed by atoms with Gasteiger partial charge in [0.2, 0.25) is 0 Å². The van der Waals surface area contributed by atoms with Crippen LogP contribution in [0.2, 0.25) is 0 Å². The number of nitrogens with one attached hydrogen (secondary N) is 2. The number of hydrogen-bond acceptors (Lipinski definition) is 3. The molecule has 0 fully saturated rings. The highest BCUT2D eigenvalue weighted by Gasteiger charge is 2.08. The molecule has 0 saturated carbocycles. The van der Waals surface area contributed by atoms with Crippen LogP contribution in [0.4, 0.5) is 0 Å². The average molecular weight is 553 g/mol. The van der Waals surface area contributed by atoms with Crippen molar-refractivity contribution in [3.8, 4) is 5.75 Å². The molecule has 0 aliphatic carbocycles. The monoisotopic (exact) mass is 552 g/mol. The standard InChI is InChI=1S/C25H36N4O2.HI/c1-5-7-16-31-23-13-9-11-21(18-23)19-28-25(26-6-2)27-15-14-20-10-8-12-22(17-20)24(30)29(3)4;/h8-13,17-18H,5-7,14-16,19H2,1-4H3,(H2,26,27,28);1H. The smallest absolute Gasteiger partial charge is 0.253 e. The zero-order chi connectivity index (χ0) is 22.5. The molecule has 0 aliphatic rings. The van der Waals surface area contributed by atoms with Crippen molar-refractivity contribution in [3.05, 3.63) is 65.2 Å². The molecule has 0 saturated heterocycles. The molecule has 6 nitrogen and oxygen atoms in total. The van der Waals surface area contributed by atoms with Crippen molar-refractivity contribution in [2.75, 3.05) is 33.8 Å². The lowest BCUT2D eigenvalue weighted by atomic mass is 10.1. The first kappa shape index (κ1) is 27.7. The van der Waals surface area contributed by atoms with Crippen LogP contribution in [0.25, 0.3) is 0 Å². The second kappa shape index (κ2) is 15.5. The first-order chi connectivity index (χ1) is 15.0. The molecular formula is C25H37IN4O2. The van der Waals surface area contributed by atoms with Gasteiger partial charge in [0, 0.05) is 32.7 Å². The first-order valence-electron chi connectivity index (χ1n) is 11.1. The van der Waals surface area contributed by atoms with Gasteiger partial charge >= 0.3 is 0 Å². The number of carbonyl (C=O) groups excluding carboxylic acids is 1. The second-order valence-electron chi connectivity index (χ2n) is 7.62. The van der Waals surface area contributed by atoms with E-state index < -0.39 is 0 Å². The summed E-state index contributed by atoms with van der Waals surface area (Å²) in [6.07, 6.45) is 2.99. The lowest BCUT2D eigenvalue weighted by molar-refractivity contribution is 0.0827. The van der Waals surface area contributed by atoms with E-state index in [0.29, 0.717) is 12.1 Å². The highest BCUT2D eigenvalue weighted by Crippen LogP contribution is 2.14. The maximum Gasteiger partial charge on any atom is 0.253 e. The Bertz CT molecular complexity index is 855. The molecule has 0 unspecified atom stereocenters. The number of benzene rings is 2. The minimum absolute atomic E-state index is 0. The first-order valence-corrected chi connectivity index (χ1v) is 11.1. The summed E-state index contributed by atoms with van der Waals surface area (Å²) >= 11 is 0. The van der Waals surface area contributed by atoms with Crippen LogP contribution in [0.15, 0.2) is 53.5 Å². The average Bonchev–Trinajstić information content (AvgIpc) is 2.77. The molecular weight excluding hydrogens is 515 g/mol. The van der Waals surface area contributed by atoms with Crippen LogP contribution < -0.4 is 15.4 Å². The number of carbonyl (C=O) groups is 1. The summed E-state index contributed by atoms with van der Waals surface area (Å²) in [5.41, 5.74) is 2.94. The number of unbranched alkanes of at least 4 members (excludes halogenated alkanes) is 1. The third-order valence-electron chi connectivity index (χ3n) is 4.72. The van der Waals surface area contributed by atoms with E-state index in [0.717, 1.165) is 61.8 Å². The molecule has 2 rings (SSSR count). The van der Waals surface area contributed by atoms with Gasteiger partial charge in [0.1, 0.15) is 5.75 Å². The number of hydrogen-bond donors (Lipinski definition) is 2. The topological polar surface area (TPSA) is 66.0 Å². The molecule has 0 radical (unpaired) electrons. The Morgan fingerprint density at radius 1 is 1.03 bits per heavy atom. The summed E-state index contributed by atoms with van der Waals surface area (Å²) in [6, 6.07) is 15.9. The second-order valence-corrected chi connectivity index (χ2v) is 7.62. The van der Waals surface area contributed by atoms with Crippen LogP contribution in [0.1, 0.15) is 48.2 Å². The molecule has 2 N–H and O–H groups in total. The normalized spacial score (nSPS) is 10.8. The van der Waals surface area contributed by atoms with Crippen molar-refractivity contribution in [2.24, 2.45) is 4.99 Å². The largest absolute Gasteiger partial charge is 0.494 e. The third kappa shape index (κ3) is 9.89. The Labute approximate surface area is 209 Å². The fourth-order valence-corrected chi connectivity index (χ4v) is 3.02. The number of ether oxygens (including phenoxy) is 1. The van der Waals surface area contributed by atoms with E-state index >= 15 is 0 Å². The van der Waals surface area contributed by atoms with Crippen molar-refractivity contribution >= 4 is 35.8 Å². The van der Waals surface area contributed by atoms with Crippen molar-refractivity contribution in [1.29, 1.82) is 0 Å². The van der Waals surface area contributed by atoms with E-state index in [1.807, 2.05) is 36.4 Å². The fourth-order valence-electron chi connectivity index (χ4n) is 3.02. The Hall–Kier alpha value is -2.29. The predicted molar refractivity (Wildman–Crippen MR) is 143 cm³/mol. The Kier molecular flexibility index (Phi) is 13.4. The van der Waals surface area contributed by atoms with Gasteiger partial charge in [0.05, 0.1) is 13.2 Å². The molecule has 7 heteroatoms. The summed E-state index contributed by atoms with van der Waals surface area (Å²) in [4.78, 5) is 18.4. The zero-order valence-electron chi connectivity index (χ0n) is 19.7. The molecule has 0 aromatic heterocycles. The van der Waals surface area contributed by atoms with Crippen LogP contribution >= 0.6 is 24.0 Å². The van der Waals surface area contributed by atoms with Gasteiger partial charge < -0.3 is 20.3 Å². The molecule has 0 aliphatic heterocycles. The molecule has 32 heavy (non-hydrogen) atoms. The molecule has 0 heterocycles. The fraction of sp³-hybridized carbons (Fsp3) is 0.440. The molecule has 0 bridgehead atoms. The quantitative estimate of drug-likeness (QED) is 0.187. The van der Waals surface area contributed by atoms with Crippen LogP contribution in [-0.2, 0) is 13.0 Å². The Balaban J connectivity index is 0.00000512. The van der Waals surface area contributed by atoms with E-state index in [-0.39, 0.29) is 29.9 Å². The van der Waals surface area contributed by atoms with Gasteiger partial charge in [-0.1, -0.05) is 37.6 Å². The number of aliphatic imine (C=N–C) groups is 1. The van der Waals surface area contributed by atoms with Gasteiger partial charge in [-0.3, -0.25) is 4.79 Å². The molecule has 0 atom stereocenters. The number of nitrogens with zero attached hydrogens (tertiary/aromatic N) is 2. The summed E-state index contributed by atoms with van der Waals surface area (Å²) in [6.45, 7) is 7.05. The summed E-state index contributed by atoms with van der Waals surface area (Å²) in [7, 11) is 3.53. The minimum Gasteiger partial charge on any atom is -0.494 e. The van der Waals surface area contributed by atoms with Gasteiger partial charge in [-0.15, -0.1) is 24.0 Å². The number of halogens is 1. The highest BCUT2D eigenvalue weighted by atomic mass is 127. The van der Waals surface area contributed by atoms with E-state index in [9.17, 15) is 4.79 Å². The number of guanidine groups is 1. The van der Waals surface area contributed by atoms with Crippen molar-refractivity contribution < 1.29 is 9.53 Å². The molecule has 2 aromatic carbocycles. The number of amides is 1. The van der Waals surface area contributed by atoms with E-state index in [1.54, 1.807) is 19.0 Å². The van der Waals surface area contributed by atoms with Crippen LogP contribution in [0, 0.1) is 0 Å². The lowest BCUT2D eigenvalue weighted by Gasteiger charge is -2.13. The predicted octanol–water partition coefficient (Wildman–Crippen LogP) is 4.48. The maximum absolute atomic E-state index is 12.2. The van der Waals surface area contributed by atoms with Gasteiger partial charge in [0.15, 0.2) is 5.96 Å². The molecule has 2 aromatic rings. The lowest BCUT2D eigenvalue weighted by Crippen LogP contribution is -2.38. The minimum atomic E-state index is 0. The van der Waals surface area contributed by atoms with Crippen LogP contribution in [0.3, 0.4) is 0 Å². The number of rotatable bonds is 11. The van der Waals surface area contributed by atoms with Crippen LogP contribution in [-0.4, -0.2) is 50.6 Å². The van der Waals surface area contributed by atoms with E-state index in [4.69, 9.17) is 9.73 Å².